The van der Waals surface area contributed by atoms with E-state index in [-0.39, 0.29) is 0 Å². The highest BCUT2D eigenvalue weighted by Gasteiger charge is 2.11. The van der Waals surface area contributed by atoms with Crippen LogP contribution < -0.4 is 5.84 Å². The third kappa shape index (κ3) is 3.71. The van der Waals surface area contributed by atoms with E-state index in [1.54, 1.807) is 18.3 Å². The SMILES string of the molecule is CN(N)C/N=C/N1CCN(C=O)CC1. The van der Waals surface area contributed by atoms with Gasteiger partial charge in [-0.15, -0.1) is 0 Å². The van der Waals surface area contributed by atoms with E-state index in [1.165, 1.54) is 5.01 Å². The van der Waals surface area contributed by atoms with Crippen LogP contribution in [-0.2, 0) is 4.79 Å². The zero-order chi connectivity index (χ0) is 10.4. The largest absolute Gasteiger partial charge is 0.359 e. The quantitative estimate of drug-likeness (QED) is 0.198. The summed E-state index contributed by atoms with van der Waals surface area (Å²) in [6.45, 7) is 3.73. The number of amides is 1. The molecular weight excluding hydrogens is 182 g/mol. The molecule has 0 bridgehead atoms. The van der Waals surface area contributed by atoms with Crippen LogP contribution >= 0.6 is 0 Å². The smallest absolute Gasteiger partial charge is 0.209 e. The maximum atomic E-state index is 10.4. The molecule has 0 spiro atoms. The first-order chi connectivity index (χ1) is 6.72. The molecule has 0 unspecified atom stereocenters. The monoisotopic (exact) mass is 199 g/mol. The van der Waals surface area contributed by atoms with Crippen LogP contribution in [-0.4, -0.2) is 67.5 Å². The van der Waals surface area contributed by atoms with E-state index in [4.69, 9.17) is 5.84 Å². The summed E-state index contributed by atoms with van der Waals surface area (Å²) >= 11 is 0. The second-order valence-electron chi connectivity index (χ2n) is 3.37. The minimum atomic E-state index is 0.494. The van der Waals surface area contributed by atoms with Gasteiger partial charge in [0.1, 0.15) is 6.67 Å². The molecule has 0 aromatic carbocycles. The van der Waals surface area contributed by atoms with Crippen molar-refractivity contribution in [3.8, 4) is 0 Å². The van der Waals surface area contributed by atoms with Crippen molar-refractivity contribution < 1.29 is 4.79 Å². The standard InChI is InChI=1S/C8H17N5O/c1-11(9)6-10-7-12-2-4-13(8-14)5-3-12/h7-8H,2-6,9H2,1H3/b10-7+. The van der Waals surface area contributed by atoms with Crippen molar-refractivity contribution in [2.24, 2.45) is 10.8 Å². The van der Waals surface area contributed by atoms with Gasteiger partial charge in [0, 0.05) is 33.2 Å². The molecule has 1 saturated heterocycles. The zero-order valence-electron chi connectivity index (χ0n) is 8.46. The van der Waals surface area contributed by atoms with Gasteiger partial charge >= 0.3 is 0 Å². The Balaban J connectivity index is 2.21. The number of rotatable bonds is 4. The molecule has 1 aliphatic rings. The average molecular weight is 199 g/mol. The van der Waals surface area contributed by atoms with Crippen LogP contribution in [0.4, 0.5) is 0 Å². The van der Waals surface area contributed by atoms with Gasteiger partial charge in [0.05, 0.1) is 6.34 Å². The molecule has 6 nitrogen and oxygen atoms in total. The lowest BCUT2D eigenvalue weighted by Crippen LogP contribution is -2.45. The van der Waals surface area contributed by atoms with Gasteiger partial charge in [-0.1, -0.05) is 0 Å². The van der Waals surface area contributed by atoms with Crippen molar-refractivity contribution in [2.75, 3.05) is 39.9 Å². The minimum absolute atomic E-state index is 0.494. The Kier molecular flexibility index (Phi) is 4.34. The molecule has 2 N–H and O–H groups in total. The summed E-state index contributed by atoms with van der Waals surface area (Å²) in [5, 5.41) is 1.51. The van der Waals surface area contributed by atoms with E-state index in [2.05, 4.69) is 9.89 Å². The zero-order valence-corrected chi connectivity index (χ0v) is 8.46. The van der Waals surface area contributed by atoms with Crippen molar-refractivity contribution in [3.05, 3.63) is 0 Å². The average Bonchev–Trinajstić information content (AvgIpc) is 2.18. The van der Waals surface area contributed by atoms with Gasteiger partial charge in [0.25, 0.3) is 0 Å². The molecule has 0 aliphatic carbocycles. The number of hydrogen-bond acceptors (Lipinski definition) is 4. The highest BCUT2D eigenvalue weighted by molar-refractivity contribution is 5.56. The Morgan fingerprint density at radius 3 is 2.43 bits per heavy atom. The molecule has 14 heavy (non-hydrogen) atoms. The number of hydrogen-bond donors (Lipinski definition) is 1. The second kappa shape index (κ2) is 5.56. The molecule has 1 fully saturated rings. The first-order valence-corrected chi connectivity index (χ1v) is 4.61. The van der Waals surface area contributed by atoms with Crippen LogP contribution in [0.1, 0.15) is 0 Å². The molecule has 0 atom stereocenters. The maximum Gasteiger partial charge on any atom is 0.209 e. The Morgan fingerprint density at radius 2 is 1.93 bits per heavy atom. The molecule has 0 radical (unpaired) electrons. The fourth-order valence-electron chi connectivity index (χ4n) is 1.24. The van der Waals surface area contributed by atoms with Gasteiger partial charge in [-0.3, -0.25) is 15.6 Å². The van der Waals surface area contributed by atoms with Gasteiger partial charge in [0.15, 0.2) is 0 Å². The number of carbonyl (C=O) groups excluding carboxylic acids is 1. The van der Waals surface area contributed by atoms with Gasteiger partial charge in [-0.05, 0) is 0 Å². The molecule has 0 aromatic heterocycles. The summed E-state index contributed by atoms with van der Waals surface area (Å²) in [6, 6.07) is 0. The van der Waals surface area contributed by atoms with E-state index < -0.39 is 0 Å². The summed E-state index contributed by atoms with van der Waals surface area (Å²) in [5.41, 5.74) is 0. The van der Waals surface area contributed by atoms with Crippen molar-refractivity contribution >= 4 is 12.7 Å². The first kappa shape index (κ1) is 10.9. The Morgan fingerprint density at radius 1 is 1.36 bits per heavy atom. The van der Waals surface area contributed by atoms with E-state index in [9.17, 15) is 4.79 Å². The predicted octanol–water partition coefficient (Wildman–Crippen LogP) is -1.45. The lowest BCUT2D eigenvalue weighted by molar-refractivity contribution is -0.119. The fourth-order valence-corrected chi connectivity index (χ4v) is 1.24. The summed E-state index contributed by atoms with van der Waals surface area (Å²) in [4.78, 5) is 18.4. The van der Waals surface area contributed by atoms with Gasteiger partial charge in [-0.2, -0.15) is 0 Å². The molecule has 0 aromatic rings. The number of aliphatic imine (C=N–C) groups is 1. The third-order valence-electron chi connectivity index (χ3n) is 2.05. The fraction of sp³-hybridized carbons (Fsp3) is 0.750. The molecule has 1 rings (SSSR count). The maximum absolute atomic E-state index is 10.4. The normalized spacial score (nSPS) is 18.2. The molecule has 1 amide bonds. The Hall–Kier alpha value is -1.14. The van der Waals surface area contributed by atoms with Crippen LogP contribution in [0.15, 0.2) is 4.99 Å². The number of piperazine rings is 1. The summed E-state index contributed by atoms with van der Waals surface area (Å²) in [7, 11) is 1.77. The predicted molar refractivity (Wildman–Crippen MR) is 54.5 cm³/mol. The molecular formula is C8H17N5O. The van der Waals surface area contributed by atoms with Crippen LogP contribution in [0.25, 0.3) is 0 Å². The number of carbonyl (C=O) groups is 1. The van der Waals surface area contributed by atoms with Crippen LogP contribution in [0.5, 0.6) is 0 Å². The van der Waals surface area contributed by atoms with Crippen molar-refractivity contribution in [2.45, 2.75) is 0 Å². The van der Waals surface area contributed by atoms with E-state index >= 15 is 0 Å². The topological polar surface area (TPSA) is 65.2 Å². The number of nitrogens with zero attached hydrogens (tertiary/aromatic N) is 4. The molecule has 1 aliphatic heterocycles. The summed E-state index contributed by atoms with van der Waals surface area (Å²) in [5.74, 6) is 5.40. The second-order valence-corrected chi connectivity index (χ2v) is 3.37. The number of nitrogens with two attached hydrogens (primary N) is 1. The van der Waals surface area contributed by atoms with Crippen LogP contribution in [0.2, 0.25) is 0 Å². The molecule has 0 saturated carbocycles. The molecule has 1 heterocycles. The first-order valence-electron chi connectivity index (χ1n) is 4.61. The van der Waals surface area contributed by atoms with Gasteiger partial charge < -0.3 is 9.80 Å². The summed E-state index contributed by atoms with van der Waals surface area (Å²) in [6.07, 6.45) is 2.69. The van der Waals surface area contributed by atoms with Crippen molar-refractivity contribution in [3.63, 3.8) is 0 Å². The molecule has 6 heteroatoms. The minimum Gasteiger partial charge on any atom is -0.359 e. The lowest BCUT2D eigenvalue weighted by Gasteiger charge is -2.31. The highest BCUT2D eigenvalue weighted by atomic mass is 16.1. The van der Waals surface area contributed by atoms with Gasteiger partial charge in [0.2, 0.25) is 6.41 Å². The van der Waals surface area contributed by atoms with Crippen molar-refractivity contribution in [1.82, 2.24) is 14.8 Å². The van der Waals surface area contributed by atoms with Crippen LogP contribution in [0, 0.1) is 0 Å². The number of hydrazine groups is 1. The van der Waals surface area contributed by atoms with E-state index in [1.807, 2.05) is 0 Å². The third-order valence-corrected chi connectivity index (χ3v) is 2.05. The molecule has 80 valence electrons. The van der Waals surface area contributed by atoms with Crippen molar-refractivity contribution in [1.29, 1.82) is 0 Å². The Bertz CT molecular complexity index is 198. The summed E-state index contributed by atoms with van der Waals surface area (Å²) < 4.78 is 0. The van der Waals surface area contributed by atoms with Crippen LogP contribution in [0.3, 0.4) is 0 Å². The Labute approximate surface area is 83.9 Å². The lowest BCUT2D eigenvalue weighted by atomic mass is 10.3. The van der Waals surface area contributed by atoms with E-state index in [0.717, 1.165) is 32.6 Å². The van der Waals surface area contributed by atoms with E-state index in [0.29, 0.717) is 6.67 Å². The van der Waals surface area contributed by atoms with Gasteiger partial charge in [-0.25, -0.2) is 5.01 Å². The highest BCUT2D eigenvalue weighted by Crippen LogP contribution is 1.96.